The van der Waals surface area contributed by atoms with E-state index in [9.17, 15) is 0 Å². The summed E-state index contributed by atoms with van der Waals surface area (Å²) in [6.45, 7) is 0. The van der Waals surface area contributed by atoms with Crippen molar-refractivity contribution in [2.24, 2.45) is 0 Å². The molecule has 0 spiro atoms. The van der Waals surface area contributed by atoms with Gasteiger partial charge in [0.05, 0.1) is 0 Å². The molecule has 0 unspecified atom stereocenters. The van der Waals surface area contributed by atoms with Crippen molar-refractivity contribution in [3.63, 3.8) is 0 Å². The molecule has 9 heavy (non-hydrogen) atoms. The number of hydrogen-bond acceptors (Lipinski definition) is 0. The van der Waals surface area contributed by atoms with Crippen LogP contribution in [0.5, 0.6) is 0 Å². The lowest BCUT2D eigenvalue weighted by Crippen LogP contribution is -1.71. The molecule has 0 N–H and O–H groups in total. The normalized spacial score (nSPS) is 27.9. The second kappa shape index (κ2) is 3.52. The van der Waals surface area contributed by atoms with E-state index in [1.807, 2.05) is 18.2 Å². The highest BCUT2D eigenvalue weighted by molar-refractivity contribution is 6.29. The van der Waals surface area contributed by atoms with Gasteiger partial charge in [0.2, 0.25) is 0 Å². The van der Waals surface area contributed by atoms with Gasteiger partial charge in [0.15, 0.2) is 0 Å². The van der Waals surface area contributed by atoms with Gasteiger partial charge in [-0.1, -0.05) is 42.0 Å². The van der Waals surface area contributed by atoms with Crippen molar-refractivity contribution >= 4 is 11.6 Å². The lowest BCUT2D eigenvalue weighted by atomic mass is 10.2. The van der Waals surface area contributed by atoms with E-state index in [1.165, 1.54) is 0 Å². The Bertz CT molecular complexity index is 163. The molecule has 0 aromatic heterocycles. The molecule has 0 bridgehead atoms. The van der Waals surface area contributed by atoms with E-state index < -0.39 is 0 Å². The summed E-state index contributed by atoms with van der Waals surface area (Å²) in [5.74, 6) is 0. The van der Waals surface area contributed by atoms with Crippen LogP contribution in [0.4, 0.5) is 0 Å². The third-order valence-corrected chi connectivity index (χ3v) is 1.48. The van der Waals surface area contributed by atoms with Crippen molar-refractivity contribution in [1.82, 2.24) is 0 Å². The fourth-order valence-corrected chi connectivity index (χ4v) is 0.874. The Morgan fingerprint density at radius 3 is 2.89 bits per heavy atom. The van der Waals surface area contributed by atoms with Gasteiger partial charge in [-0.05, 0) is 6.42 Å². The van der Waals surface area contributed by atoms with Crippen molar-refractivity contribution in [1.29, 1.82) is 0 Å². The third kappa shape index (κ3) is 2.52. The van der Waals surface area contributed by atoms with E-state index in [-0.39, 0.29) is 0 Å². The number of rotatable bonds is 0. The Balaban J connectivity index is 2.61. The first-order valence-electron chi connectivity index (χ1n) is 3.06. The van der Waals surface area contributed by atoms with Crippen molar-refractivity contribution in [3.8, 4) is 0 Å². The van der Waals surface area contributed by atoms with Gasteiger partial charge in [-0.25, -0.2) is 0 Å². The first-order valence-corrected chi connectivity index (χ1v) is 3.43. The Kier molecular flexibility index (Phi) is 2.59. The van der Waals surface area contributed by atoms with Crippen LogP contribution < -0.4 is 0 Å². The van der Waals surface area contributed by atoms with E-state index in [0.717, 1.165) is 17.9 Å². The summed E-state index contributed by atoms with van der Waals surface area (Å²) in [6.07, 6.45) is 12.1. The maximum atomic E-state index is 5.77. The highest BCUT2D eigenvalue weighted by atomic mass is 35.5. The Hall–Kier alpha value is -0.490. The van der Waals surface area contributed by atoms with Gasteiger partial charge in [-0.15, -0.1) is 0 Å². The van der Waals surface area contributed by atoms with Crippen molar-refractivity contribution in [2.75, 3.05) is 0 Å². The van der Waals surface area contributed by atoms with Gasteiger partial charge in [-0.2, -0.15) is 0 Å². The summed E-state index contributed by atoms with van der Waals surface area (Å²) in [7, 11) is 0. The largest absolute Gasteiger partial charge is 0.0891 e. The number of hydrogen-bond donors (Lipinski definition) is 0. The molecule has 1 aliphatic carbocycles. The van der Waals surface area contributed by atoms with Gasteiger partial charge in [-0.3, -0.25) is 0 Å². The number of allylic oxidation sites excluding steroid dienone is 6. The van der Waals surface area contributed by atoms with Crippen molar-refractivity contribution in [3.05, 3.63) is 35.4 Å². The molecular formula is C8H9Cl. The minimum Gasteiger partial charge on any atom is -0.0891 e. The van der Waals surface area contributed by atoms with E-state index >= 15 is 0 Å². The van der Waals surface area contributed by atoms with Gasteiger partial charge < -0.3 is 0 Å². The van der Waals surface area contributed by atoms with E-state index in [4.69, 9.17) is 11.6 Å². The number of halogens is 1. The summed E-state index contributed by atoms with van der Waals surface area (Å²) in [5, 5.41) is 0.940. The van der Waals surface area contributed by atoms with Crippen LogP contribution in [0.3, 0.4) is 0 Å². The van der Waals surface area contributed by atoms with Crippen LogP contribution in [0.2, 0.25) is 0 Å². The molecule has 0 fully saturated rings. The molecule has 0 aromatic rings. The lowest BCUT2D eigenvalue weighted by molar-refractivity contribution is 1.26. The molecular weight excluding hydrogens is 132 g/mol. The zero-order chi connectivity index (χ0) is 6.53. The fraction of sp³-hybridized carbons (Fsp3) is 0.250. The molecule has 0 aromatic carbocycles. The van der Waals surface area contributed by atoms with Crippen LogP contribution in [0, 0.1) is 0 Å². The SMILES string of the molecule is Cl/C1=C/C/C=C\C=CC1. The predicted octanol–water partition coefficient (Wildman–Crippen LogP) is 3.02. The van der Waals surface area contributed by atoms with Crippen LogP contribution in [0.15, 0.2) is 35.4 Å². The summed E-state index contributed by atoms with van der Waals surface area (Å²) in [4.78, 5) is 0. The van der Waals surface area contributed by atoms with Crippen LogP contribution >= 0.6 is 11.6 Å². The maximum Gasteiger partial charge on any atom is 0.0182 e. The Morgan fingerprint density at radius 2 is 2.00 bits per heavy atom. The maximum absolute atomic E-state index is 5.77. The fourth-order valence-electron chi connectivity index (χ4n) is 0.696. The van der Waals surface area contributed by atoms with Crippen LogP contribution in [-0.4, -0.2) is 0 Å². The summed E-state index contributed by atoms with van der Waals surface area (Å²) in [5.41, 5.74) is 0. The standard InChI is InChI=1S/C8H9Cl/c9-8-6-4-2-1-3-5-7-8/h1-4,7H,5-6H2/b3-1-,4-2?,8-7+. The molecule has 0 heterocycles. The highest BCUT2D eigenvalue weighted by Crippen LogP contribution is 2.10. The average Bonchev–Trinajstić information content (AvgIpc) is 1.79. The zero-order valence-corrected chi connectivity index (χ0v) is 5.93. The topological polar surface area (TPSA) is 0 Å². The average molecular weight is 141 g/mol. The molecule has 1 aliphatic rings. The molecule has 0 aliphatic heterocycles. The smallest absolute Gasteiger partial charge is 0.0182 e. The molecule has 1 heteroatoms. The minimum atomic E-state index is 0.881. The summed E-state index contributed by atoms with van der Waals surface area (Å²) in [6, 6.07) is 0. The first kappa shape index (κ1) is 6.63. The molecule has 0 amide bonds. The van der Waals surface area contributed by atoms with Gasteiger partial charge >= 0.3 is 0 Å². The van der Waals surface area contributed by atoms with Crippen molar-refractivity contribution < 1.29 is 0 Å². The predicted molar refractivity (Wildman–Crippen MR) is 41.5 cm³/mol. The second-order valence-corrected chi connectivity index (χ2v) is 2.43. The monoisotopic (exact) mass is 140 g/mol. The third-order valence-electron chi connectivity index (χ3n) is 1.17. The van der Waals surface area contributed by atoms with Crippen LogP contribution in [0.25, 0.3) is 0 Å². The molecule has 0 saturated heterocycles. The molecule has 0 atom stereocenters. The minimum absolute atomic E-state index is 0.881. The second-order valence-electron chi connectivity index (χ2n) is 1.95. The first-order chi connectivity index (χ1) is 4.39. The summed E-state index contributed by atoms with van der Waals surface area (Å²) < 4.78 is 0. The molecule has 0 saturated carbocycles. The molecule has 0 nitrogen and oxygen atoms in total. The zero-order valence-electron chi connectivity index (χ0n) is 5.18. The van der Waals surface area contributed by atoms with E-state index in [1.54, 1.807) is 0 Å². The van der Waals surface area contributed by atoms with Crippen molar-refractivity contribution in [2.45, 2.75) is 12.8 Å². The Labute approximate surface area is 60.5 Å². The van der Waals surface area contributed by atoms with E-state index in [2.05, 4.69) is 12.2 Å². The molecule has 0 radical (unpaired) electrons. The highest BCUT2D eigenvalue weighted by Gasteiger charge is 1.87. The Morgan fingerprint density at radius 1 is 1.22 bits per heavy atom. The van der Waals surface area contributed by atoms with Gasteiger partial charge in [0, 0.05) is 11.5 Å². The van der Waals surface area contributed by atoms with Crippen LogP contribution in [0.1, 0.15) is 12.8 Å². The lowest BCUT2D eigenvalue weighted by Gasteiger charge is -1.92. The van der Waals surface area contributed by atoms with Crippen LogP contribution in [-0.2, 0) is 0 Å². The molecule has 1 rings (SSSR count). The quantitative estimate of drug-likeness (QED) is 0.485. The van der Waals surface area contributed by atoms with Gasteiger partial charge in [0.25, 0.3) is 0 Å². The van der Waals surface area contributed by atoms with E-state index in [0.29, 0.717) is 0 Å². The summed E-state index contributed by atoms with van der Waals surface area (Å²) >= 11 is 5.77. The molecule has 48 valence electrons. The van der Waals surface area contributed by atoms with Gasteiger partial charge in [0.1, 0.15) is 0 Å².